The van der Waals surface area contributed by atoms with Crippen LogP contribution in [0.25, 0.3) is 0 Å². The van der Waals surface area contributed by atoms with Crippen molar-refractivity contribution < 1.29 is 4.79 Å². The predicted octanol–water partition coefficient (Wildman–Crippen LogP) is 2.05. The summed E-state index contributed by atoms with van der Waals surface area (Å²) in [6.45, 7) is 2.02. The Morgan fingerprint density at radius 3 is 3.05 bits per heavy atom. The summed E-state index contributed by atoms with van der Waals surface area (Å²) in [5.41, 5.74) is 6.60. The minimum absolute atomic E-state index is 0.168. The summed E-state index contributed by atoms with van der Waals surface area (Å²) < 4.78 is 1.58. The standard InChI is InChI=1S/C15H15ClN4O/c1-11(20-9-3-8-18-20)15(21)19-13-5-6-14(16)12(10-13)4-2-7-17/h3,5-6,8-11H,7,17H2,1H3,(H,19,21). The molecule has 0 aliphatic heterocycles. The van der Waals surface area contributed by atoms with Crippen LogP contribution in [0.4, 0.5) is 5.69 Å². The van der Waals surface area contributed by atoms with Crippen molar-refractivity contribution in [3.63, 3.8) is 0 Å². The smallest absolute Gasteiger partial charge is 0.248 e. The number of halogens is 1. The Hall–Kier alpha value is -2.29. The summed E-state index contributed by atoms with van der Waals surface area (Å²) in [5.74, 6) is 5.44. The largest absolute Gasteiger partial charge is 0.324 e. The first-order valence-corrected chi connectivity index (χ1v) is 6.78. The van der Waals surface area contributed by atoms with Crippen LogP contribution in [-0.4, -0.2) is 22.2 Å². The number of amides is 1. The predicted molar refractivity (Wildman–Crippen MR) is 83.0 cm³/mol. The van der Waals surface area contributed by atoms with E-state index < -0.39 is 6.04 Å². The number of rotatable bonds is 3. The number of aromatic nitrogens is 2. The van der Waals surface area contributed by atoms with Gasteiger partial charge in [0.25, 0.3) is 0 Å². The molecule has 0 saturated carbocycles. The lowest BCUT2D eigenvalue weighted by atomic mass is 10.2. The third-order valence-electron chi connectivity index (χ3n) is 2.86. The summed E-state index contributed by atoms with van der Waals surface area (Å²) in [6.07, 6.45) is 3.37. The fourth-order valence-electron chi connectivity index (χ4n) is 1.72. The molecule has 1 atom stereocenters. The lowest BCUT2D eigenvalue weighted by Crippen LogP contribution is -2.24. The van der Waals surface area contributed by atoms with Gasteiger partial charge in [-0.2, -0.15) is 5.10 Å². The topological polar surface area (TPSA) is 72.9 Å². The second-order valence-electron chi connectivity index (χ2n) is 4.35. The Kier molecular flexibility index (Phi) is 4.99. The minimum Gasteiger partial charge on any atom is -0.324 e. The number of nitrogens with one attached hydrogen (secondary N) is 1. The number of nitrogens with two attached hydrogens (primary N) is 1. The van der Waals surface area contributed by atoms with E-state index in [4.69, 9.17) is 17.3 Å². The average molecular weight is 303 g/mol. The molecule has 0 bridgehead atoms. The summed E-state index contributed by atoms with van der Waals surface area (Å²) in [5, 5.41) is 7.39. The van der Waals surface area contributed by atoms with Crippen molar-refractivity contribution in [2.24, 2.45) is 5.73 Å². The maximum Gasteiger partial charge on any atom is 0.248 e. The van der Waals surface area contributed by atoms with Crippen LogP contribution >= 0.6 is 11.6 Å². The zero-order valence-corrected chi connectivity index (χ0v) is 12.3. The van der Waals surface area contributed by atoms with Crippen LogP contribution in [-0.2, 0) is 4.79 Å². The van der Waals surface area contributed by atoms with Gasteiger partial charge in [0.05, 0.1) is 11.6 Å². The summed E-state index contributed by atoms with van der Waals surface area (Å²) in [6, 6.07) is 6.50. The molecule has 0 spiro atoms. The van der Waals surface area contributed by atoms with Gasteiger partial charge in [-0.05, 0) is 31.2 Å². The van der Waals surface area contributed by atoms with Crippen LogP contribution in [0.2, 0.25) is 5.02 Å². The minimum atomic E-state index is -0.408. The van der Waals surface area contributed by atoms with E-state index in [-0.39, 0.29) is 12.5 Å². The molecule has 6 heteroatoms. The normalized spacial score (nSPS) is 11.4. The molecule has 108 valence electrons. The molecule has 0 radical (unpaired) electrons. The molecule has 1 heterocycles. The van der Waals surface area contributed by atoms with Gasteiger partial charge in [0.1, 0.15) is 6.04 Å². The number of hydrogen-bond acceptors (Lipinski definition) is 3. The van der Waals surface area contributed by atoms with E-state index in [9.17, 15) is 4.79 Å². The SMILES string of the molecule is CC(C(=O)Nc1ccc(Cl)c(C#CCN)c1)n1cccn1. The molecule has 1 unspecified atom stereocenters. The molecule has 21 heavy (non-hydrogen) atoms. The van der Waals surface area contributed by atoms with Gasteiger partial charge in [-0.1, -0.05) is 23.4 Å². The van der Waals surface area contributed by atoms with Crippen molar-refractivity contribution in [3.05, 3.63) is 47.2 Å². The van der Waals surface area contributed by atoms with E-state index in [1.165, 1.54) is 0 Å². The van der Waals surface area contributed by atoms with Gasteiger partial charge in [0.15, 0.2) is 0 Å². The van der Waals surface area contributed by atoms with Crippen LogP contribution in [0.5, 0.6) is 0 Å². The molecular formula is C15H15ClN4O. The molecule has 0 aliphatic rings. The lowest BCUT2D eigenvalue weighted by Gasteiger charge is -2.13. The molecule has 3 N–H and O–H groups in total. The molecule has 2 rings (SSSR count). The van der Waals surface area contributed by atoms with Gasteiger partial charge in [-0.3, -0.25) is 9.48 Å². The fourth-order valence-corrected chi connectivity index (χ4v) is 1.89. The fraction of sp³-hybridized carbons (Fsp3) is 0.200. The van der Waals surface area contributed by atoms with Gasteiger partial charge in [0, 0.05) is 23.6 Å². The Morgan fingerprint density at radius 2 is 2.38 bits per heavy atom. The maximum atomic E-state index is 12.2. The first kappa shape index (κ1) is 15.1. The first-order chi connectivity index (χ1) is 10.1. The highest BCUT2D eigenvalue weighted by Gasteiger charge is 2.15. The number of nitrogens with zero attached hydrogens (tertiary/aromatic N) is 2. The van der Waals surface area contributed by atoms with Crippen molar-refractivity contribution in [2.75, 3.05) is 11.9 Å². The van der Waals surface area contributed by atoms with E-state index in [0.717, 1.165) is 0 Å². The van der Waals surface area contributed by atoms with Crippen molar-refractivity contribution in [1.82, 2.24) is 9.78 Å². The van der Waals surface area contributed by atoms with Crippen LogP contribution in [0.3, 0.4) is 0 Å². The van der Waals surface area contributed by atoms with E-state index in [1.807, 2.05) is 0 Å². The van der Waals surface area contributed by atoms with Crippen molar-refractivity contribution >= 4 is 23.2 Å². The van der Waals surface area contributed by atoms with Gasteiger partial charge >= 0.3 is 0 Å². The summed E-state index contributed by atoms with van der Waals surface area (Å²) in [7, 11) is 0. The number of anilines is 1. The molecule has 0 saturated heterocycles. The zero-order valence-electron chi connectivity index (χ0n) is 11.5. The van der Waals surface area contributed by atoms with Gasteiger partial charge in [0.2, 0.25) is 5.91 Å². The van der Waals surface area contributed by atoms with Gasteiger partial charge in [-0.15, -0.1) is 0 Å². The van der Waals surface area contributed by atoms with Crippen molar-refractivity contribution in [1.29, 1.82) is 0 Å². The Labute approximate surface area is 128 Å². The molecule has 1 amide bonds. The maximum absolute atomic E-state index is 12.2. The van der Waals surface area contributed by atoms with Crippen LogP contribution in [0, 0.1) is 11.8 Å². The van der Waals surface area contributed by atoms with Gasteiger partial charge < -0.3 is 11.1 Å². The third kappa shape index (κ3) is 3.85. The third-order valence-corrected chi connectivity index (χ3v) is 3.19. The second-order valence-corrected chi connectivity index (χ2v) is 4.76. The number of carbonyl (C=O) groups is 1. The summed E-state index contributed by atoms with van der Waals surface area (Å²) >= 11 is 6.04. The highest BCUT2D eigenvalue weighted by Crippen LogP contribution is 2.20. The Bertz CT molecular complexity index is 685. The first-order valence-electron chi connectivity index (χ1n) is 6.40. The van der Waals surface area contributed by atoms with Gasteiger partial charge in [-0.25, -0.2) is 0 Å². The molecule has 5 nitrogen and oxygen atoms in total. The zero-order chi connectivity index (χ0) is 15.2. The van der Waals surface area contributed by atoms with Crippen molar-refractivity contribution in [2.45, 2.75) is 13.0 Å². The highest BCUT2D eigenvalue weighted by atomic mass is 35.5. The Balaban J connectivity index is 2.14. The summed E-state index contributed by atoms with van der Waals surface area (Å²) in [4.78, 5) is 12.2. The second kappa shape index (κ2) is 6.93. The highest BCUT2D eigenvalue weighted by molar-refractivity contribution is 6.31. The Morgan fingerprint density at radius 1 is 1.57 bits per heavy atom. The van der Waals surface area contributed by atoms with E-state index in [1.54, 1.807) is 48.3 Å². The molecule has 2 aromatic rings. The van der Waals surface area contributed by atoms with E-state index >= 15 is 0 Å². The number of benzene rings is 1. The molecule has 1 aromatic carbocycles. The molecular weight excluding hydrogens is 288 g/mol. The van der Waals surface area contributed by atoms with E-state index in [0.29, 0.717) is 16.3 Å². The van der Waals surface area contributed by atoms with E-state index in [2.05, 4.69) is 22.3 Å². The molecule has 1 aromatic heterocycles. The van der Waals surface area contributed by atoms with Crippen molar-refractivity contribution in [3.8, 4) is 11.8 Å². The van der Waals surface area contributed by atoms with Crippen LogP contribution in [0.15, 0.2) is 36.7 Å². The quantitative estimate of drug-likeness (QED) is 0.852. The van der Waals surface area contributed by atoms with Crippen LogP contribution in [0.1, 0.15) is 18.5 Å². The monoisotopic (exact) mass is 302 g/mol. The van der Waals surface area contributed by atoms with Crippen LogP contribution < -0.4 is 11.1 Å². The lowest BCUT2D eigenvalue weighted by molar-refractivity contribution is -0.119. The number of carbonyl (C=O) groups excluding carboxylic acids is 1. The molecule has 0 aliphatic carbocycles. The number of hydrogen-bond donors (Lipinski definition) is 2. The average Bonchev–Trinajstić information content (AvgIpc) is 3.01. The molecule has 0 fully saturated rings.